The van der Waals surface area contributed by atoms with Crippen LogP contribution in [0.2, 0.25) is 0 Å². The predicted octanol–water partition coefficient (Wildman–Crippen LogP) is 1.38. The van der Waals surface area contributed by atoms with Crippen molar-refractivity contribution in [3.05, 3.63) is 40.8 Å². The summed E-state index contributed by atoms with van der Waals surface area (Å²) in [5.74, 6) is 3.33. The van der Waals surface area contributed by atoms with Gasteiger partial charge in [0.1, 0.15) is 24.0 Å². The van der Waals surface area contributed by atoms with E-state index >= 15 is 0 Å². The van der Waals surface area contributed by atoms with Crippen molar-refractivity contribution in [1.29, 1.82) is 0 Å². The number of ether oxygens (including phenoxy) is 1. The lowest BCUT2D eigenvalue weighted by atomic mass is 9.79. The predicted molar refractivity (Wildman–Crippen MR) is 105 cm³/mol. The van der Waals surface area contributed by atoms with Crippen LogP contribution in [0.15, 0.2) is 18.2 Å². The largest absolute Gasteiger partial charge is 0.491 e. The van der Waals surface area contributed by atoms with Gasteiger partial charge >= 0.3 is 7.12 Å². The molecule has 0 bridgehead atoms. The highest BCUT2D eigenvalue weighted by molar-refractivity contribution is 6.58. The standard InChI is InChI=1S/C20H26BN3O3/c1-3-14-4-6-17-18(10-14)22-13(2)23-20(17)24-8-9-27-19-7-5-16(21(25)26)11-15(19)12-24/h5,7,11,14,25-26H,3-4,6,8-10,12H2,1-2H3/t14-/m0/s1. The Morgan fingerprint density at radius 3 is 2.93 bits per heavy atom. The zero-order valence-electron chi connectivity index (χ0n) is 16.0. The molecule has 2 aliphatic rings. The number of aryl methyl sites for hydroxylation is 1. The Morgan fingerprint density at radius 2 is 2.15 bits per heavy atom. The number of hydrogen-bond donors (Lipinski definition) is 2. The number of fused-ring (bicyclic) bond motifs is 2. The van der Waals surface area contributed by atoms with Gasteiger partial charge in [0.25, 0.3) is 0 Å². The lowest BCUT2D eigenvalue weighted by Crippen LogP contribution is -2.31. The Labute approximate surface area is 160 Å². The number of nitrogens with zero attached hydrogens (tertiary/aromatic N) is 3. The van der Waals surface area contributed by atoms with E-state index in [9.17, 15) is 10.0 Å². The van der Waals surface area contributed by atoms with Gasteiger partial charge < -0.3 is 19.7 Å². The minimum absolute atomic E-state index is 0.478. The van der Waals surface area contributed by atoms with Gasteiger partial charge in [-0.3, -0.25) is 0 Å². The molecule has 1 aromatic heterocycles. The second kappa shape index (κ2) is 7.48. The van der Waals surface area contributed by atoms with Gasteiger partial charge in [-0.05, 0) is 43.6 Å². The maximum atomic E-state index is 9.50. The molecular formula is C20H26BN3O3. The molecule has 0 fully saturated rings. The van der Waals surface area contributed by atoms with Crippen molar-refractivity contribution in [2.75, 3.05) is 18.1 Å². The van der Waals surface area contributed by atoms with Gasteiger partial charge in [-0.25, -0.2) is 9.97 Å². The van der Waals surface area contributed by atoms with Crippen molar-refractivity contribution in [2.45, 2.75) is 46.1 Å². The topological polar surface area (TPSA) is 78.7 Å². The lowest BCUT2D eigenvalue weighted by Gasteiger charge is -2.29. The van der Waals surface area contributed by atoms with Crippen LogP contribution >= 0.6 is 0 Å². The number of benzene rings is 1. The summed E-state index contributed by atoms with van der Waals surface area (Å²) >= 11 is 0. The molecule has 0 spiro atoms. The van der Waals surface area contributed by atoms with Crippen LogP contribution in [0.5, 0.6) is 5.75 Å². The summed E-state index contributed by atoms with van der Waals surface area (Å²) in [6.07, 6.45) is 4.42. The highest BCUT2D eigenvalue weighted by Crippen LogP contribution is 2.34. The molecule has 2 aromatic rings. The van der Waals surface area contributed by atoms with Crippen molar-refractivity contribution in [2.24, 2.45) is 5.92 Å². The molecule has 1 aliphatic heterocycles. The van der Waals surface area contributed by atoms with Crippen LogP contribution in [0.4, 0.5) is 5.82 Å². The third-order valence-corrected chi connectivity index (χ3v) is 5.71. The normalized spacial score (nSPS) is 19.0. The molecule has 27 heavy (non-hydrogen) atoms. The maximum Gasteiger partial charge on any atom is 0.488 e. The van der Waals surface area contributed by atoms with Gasteiger partial charge in [-0.15, -0.1) is 0 Å². The second-order valence-electron chi connectivity index (χ2n) is 7.55. The van der Waals surface area contributed by atoms with E-state index in [1.165, 1.54) is 24.1 Å². The molecule has 1 aliphatic carbocycles. The first-order valence-corrected chi connectivity index (χ1v) is 9.78. The molecule has 0 amide bonds. The first-order valence-electron chi connectivity index (χ1n) is 9.78. The Morgan fingerprint density at radius 1 is 1.30 bits per heavy atom. The van der Waals surface area contributed by atoms with Gasteiger partial charge in [0.2, 0.25) is 0 Å². The van der Waals surface area contributed by atoms with Crippen molar-refractivity contribution in [3.8, 4) is 5.75 Å². The van der Waals surface area contributed by atoms with Crippen molar-refractivity contribution in [1.82, 2.24) is 9.97 Å². The van der Waals surface area contributed by atoms with Crippen LogP contribution in [0, 0.1) is 12.8 Å². The molecule has 2 N–H and O–H groups in total. The Hall–Kier alpha value is -2.12. The molecule has 0 unspecified atom stereocenters. The fourth-order valence-electron chi connectivity index (χ4n) is 4.15. The molecule has 0 saturated heterocycles. The van der Waals surface area contributed by atoms with Gasteiger partial charge in [0.15, 0.2) is 0 Å². The zero-order valence-corrected chi connectivity index (χ0v) is 16.0. The Kier molecular flexibility index (Phi) is 5.06. The van der Waals surface area contributed by atoms with Gasteiger partial charge in [-0.2, -0.15) is 0 Å². The molecule has 2 heterocycles. The van der Waals surface area contributed by atoms with E-state index < -0.39 is 7.12 Å². The van der Waals surface area contributed by atoms with E-state index in [2.05, 4.69) is 11.8 Å². The van der Waals surface area contributed by atoms with Crippen LogP contribution in [-0.2, 0) is 19.4 Å². The summed E-state index contributed by atoms with van der Waals surface area (Å²) in [5, 5.41) is 19.0. The zero-order chi connectivity index (χ0) is 19.0. The minimum atomic E-state index is -1.48. The smallest absolute Gasteiger partial charge is 0.488 e. The second-order valence-corrected chi connectivity index (χ2v) is 7.55. The van der Waals surface area contributed by atoms with Crippen molar-refractivity contribution in [3.63, 3.8) is 0 Å². The molecule has 1 atom stereocenters. The Bertz CT molecular complexity index is 843. The fraction of sp³-hybridized carbons (Fsp3) is 0.500. The fourth-order valence-corrected chi connectivity index (χ4v) is 4.15. The average Bonchev–Trinajstić information content (AvgIpc) is 2.88. The van der Waals surface area contributed by atoms with Crippen molar-refractivity contribution >= 4 is 18.4 Å². The van der Waals surface area contributed by atoms with Crippen LogP contribution in [0.25, 0.3) is 0 Å². The summed E-state index contributed by atoms with van der Waals surface area (Å²) in [4.78, 5) is 11.8. The van der Waals surface area contributed by atoms with Gasteiger partial charge in [0.05, 0.1) is 6.54 Å². The molecule has 142 valence electrons. The maximum absolute atomic E-state index is 9.50. The summed E-state index contributed by atoms with van der Waals surface area (Å²) in [5.41, 5.74) is 3.89. The van der Waals surface area contributed by atoms with E-state index in [0.29, 0.717) is 24.5 Å². The highest BCUT2D eigenvalue weighted by Gasteiger charge is 2.27. The molecule has 7 heteroatoms. The molecule has 6 nitrogen and oxygen atoms in total. The van der Waals surface area contributed by atoms with E-state index in [0.717, 1.165) is 42.3 Å². The van der Waals surface area contributed by atoms with Crippen LogP contribution in [0.3, 0.4) is 0 Å². The van der Waals surface area contributed by atoms with Crippen molar-refractivity contribution < 1.29 is 14.8 Å². The van der Waals surface area contributed by atoms with Crippen LogP contribution < -0.4 is 15.1 Å². The van der Waals surface area contributed by atoms with E-state index in [4.69, 9.17) is 14.7 Å². The number of aromatic nitrogens is 2. The molecular weight excluding hydrogens is 341 g/mol. The number of hydrogen-bond acceptors (Lipinski definition) is 6. The lowest BCUT2D eigenvalue weighted by molar-refractivity contribution is 0.331. The third kappa shape index (κ3) is 3.66. The van der Waals surface area contributed by atoms with Crippen LogP contribution in [-0.4, -0.2) is 40.3 Å². The Balaban J connectivity index is 1.70. The summed E-state index contributed by atoms with van der Waals surface area (Å²) < 4.78 is 5.90. The van der Waals surface area contributed by atoms with E-state index in [-0.39, 0.29) is 0 Å². The summed E-state index contributed by atoms with van der Waals surface area (Å²) in [7, 11) is -1.48. The monoisotopic (exact) mass is 367 g/mol. The third-order valence-electron chi connectivity index (χ3n) is 5.71. The minimum Gasteiger partial charge on any atom is -0.491 e. The molecule has 4 rings (SSSR count). The molecule has 1 aromatic carbocycles. The quantitative estimate of drug-likeness (QED) is 0.798. The first-order chi connectivity index (χ1) is 13.0. The number of anilines is 1. The first kappa shape index (κ1) is 18.3. The number of rotatable bonds is 3. The van der Waals surface area contributed by atoms with Crippen LogP contribution in [0.1, 0.15) is 42.4 Å². The SMILES string of the molecule is CC[C@H]1CCc2c(nc(C)nc2N2CCOc3ccc(B(O)O)cc3C2)C1. The average molecular weight is 367 g/mol. The van der Waals surface area contributed by atoms with Gasteiger partial charge in [0, 0.05) is 23.4 Å². The molecule has 0 saturated carbocycles. The summed E-state index contributed by atoms with van der Waals surface area (Å²) in [6, 6.07) is 5.33. The van der Waals surface area contributed by atoms with E-state index in [1.807, 2.05) is 19.1 Å². The summed E-state index contributed by atoms with van der Waals surface area (Å²) in [6.45, 7) is 6.16. The van der Waals surface area contributed by atoms with E-state index in [1.54, 1.807) is 6.07 Å². The molecule has 0 radical (unpaired) electrons. The highest BCUT2D eigenvalue weighted by atomic mass is 16.5. The van der Waals surface area contributed by atoms with Gasteiger partial charge in [-0.1, -0.05) is 25.5 Å².